The smallest absolute Gasteiger partial charge is 0.252 e. The molecule has 1 aliphatic heterocycles. The first kappa shape index (κ1) is 15.0. The molecular weight excluding hydrogens is 280 g/mol. The fraction of sp³-hybridized carbons (Fsp3) is 0.692. The van der Waals surface area contributed by atoms with Crippen molar-refractivity contribution in [3.63, 3.8) is 0 Å². The Morgan fingerprint density at radius 1 is 1.21 bits per heavy atom. The van der Waals surface area contributed by atoms with Crippen molar-refractivity contribution in [2.75, 3.05) is 13.1 Å². The van der Waals surface area contributed by atoms with E-state index < -0.39 is 10.0 Å². The molecule has 4 nitrogen and oxygen atoms in total. The largest absolute Gasteiger partial charge is 0.326 e. The molecule has 2 N–H and O–H groups in total. The number of nitrogens with zero attached hydrogens (tertiary/aromatic N) is 1. The lowest BCUT2D eigenvalue weighted by molar-refractivity contribution is 0.365. The lowest BCUT2D eigenvalue weighted by Crippen LogP contribution is -2.33. The molecule has 2 heterocycles. The molecule has 0 saturated carbocycles. The van der Waals surface area contributed by atoms with Gasteiger partial charge in [0.2, 0.25) is 0 Å². The van der Waals surface area contributed by atoms with Crippen molar-refractivity contribution in [3.05, 3.63) is 16.5 Å². The molecule has 0 amide bonds. The minimum Gasteiger partial charge on any atom is -0.326 e. The number of sulfonamides is 1. The van der Waals surface area contributed by atoms with Crippen LogP contribution in [0.1, 0.15) is 42.5 Å². The normalized spacial score (nSPS) is 19.1. The van der Waals surface area contributed by atoms with Gasteiger partial charge in [0.1, 0.15) is 4.21 Å². The van der Waals surface area contributed by atoms with Crippen LogP contribution in [-0.4, -0.2) is 25.8 Å². The highest BCUT2D eigenvalue weighted by atomic mass is 32.2. The molecule has 0 aliphatic carbocycles. The summed E-state index contributed by atoms with van der Waals surface area (Å²) in [6, 6.07) is 1.76. The van der Waals surface area contributed by atoms with Gasteiger partial charge in [-0.05, 0) is 31.4 Å². The van der Waals surface area contributed by atoms with Gasteiger partial charge in [0.25, 0.3) is 10.0 Å². The van der Waals surface area contributed by atoms with E-state index in [4.69, 9.17) is 5.73 Å². The number of hydrogen-bond donors (Lipinski definition) is 1. The molecule has 1 aromatic rings. The predicted octanol–water partition coefficient (Wildman–Crippen LogP) is 2.47. The van der Waals surface area contributed by atoms with Gasteiger partial charge in [-0.25, -0.2) is 8.42 Å². The summed E-state index contributed by atoms with van der Waals surface area (Å²) in [5, 5.41) is 0. The predicted molar refractivity (Wildman–Crippen MR) is 78.8 cm³/mol. The molecule has 0 aromatic carbocycles. The quantitative estimate of drug-likeness (QED) is 0.933. The highest BCUT2D eigenvalue weighted by Crippen LogP contribution is 2.29. The Kier molecular flexibility index (Phi) is 5.00. The van der Waals surface area contributed by atoms with Gasteiger partial charge in [0, 0.05) is 24.5 Å². The fourth-order valence-corrected chi connectivity index (χ4v) is 5.54. The third-order valence-electron chi connectivity index (χ3n) is 3.59. The van der Waals surface area contributed by atoms with Crippen molar-refractivity contribution in [1.29, 1.82) is 0 Å². The molecule has 1 fully saturated rings. The lowest BCUT2D eigenvalue weighted by Gasteiger charge is -2.23. The van der Waals surface area contributed by atoms with Gasteiger partial charge >= 0.3 is 0 Å². The van der Waals surface area contributed by atoms with E-state index in [0.29, 0.717) is 23.8 Å². The first-order valence-electron chi connectivity index (χ1n) is 6.85. The Labute approximate surface area is 119 Å². The van der Waals surface area contributed by atoms with Crippen molar-refractivity contribution in [2.24, 2.45) is 5.73 Å². The molecule has 0 bridgehead atoms. The van der Waals surface area contributed by atoms with E-state index in [9.17, 15) is 8.42 Å². The Morgan fingerprint density at radius 2 is 1.79 bits per heavy atom. The molecule has 0 unspecified atom stereocenters. The SMILES string of the molecule is Cc1cc(S(=O)(=O)N2CCCCCCC2)sc1CN. The van der Waals surface area contributed by atoms with Gasteiger partial charge in [-0.2, -0.15) is 4.31 Å². The van der Waals surface area contributed by atoms with E-state index in [1.54, 1.807) is 10.4 Å². The number of nitrogens with two attached hydrogens (primary N) is 1. The number of aryl methyl sites for hydroxylation is 1. The van der Waals surface area contributed by atoms with Crippen LogP contribution in [0, 0.1) is 6.92 Å². The Bertz CT molecular complexity index is 515. The molecule has 0 radical (unpaired) electrons. The van der Waals surface area contributed by atoms with E-state index >= 15 is 0 Å². The highest BCUT2D eigenvalue weighted by Gasteiger charge is 2.26. The van der Waals surface area contributed by atoms with Gasteiger partial charge in [-0.15, -0.1) is 11.3 Å². The van der Waals surface area contributed by atoms with Gasteiger partial charge < -0.3 is 5.73 Å². The van der Waals surface area contributed by atoms with Crippen molar-refractivity contribution in [3.8, 4) is 0 Å². The molecule has 6 heteroatoms. The lowest BCUT2D eigenvalue weighted by atomic mass is 10.1. The number of thiophene rings is 1. The molecule has 1 aromatic heterocycles. The summed E-state index contributed by atoms with van der Waals surface area (Å²) in [6.07, 6.45) is 5.41. The second-order valence-corrected chi connectivity index (χ2v) is 8.35. The van der Waals surface area contributed by atoms with E-state index in [0.717, 1.165) is 36.1 Å². The maximum absolute atomic E-state index is 12.6. The van der Waals surface area contributed by atoms with Crippen molar-refractivity contribution >= 4 is 21.4 Å². The first-order valence-corrected chi connectivity index (χ1v) is 9.11. The zero-order chi connectivity index (χ0) is 13.9. The zero-order valence-corrected chi connectivity index (χ0v) is 13.0. The van der Waals surface area contributed by atoms with Crippen molar-refractivity contribution in [1.82, 2.24) is 4.31 Å². The van der Waals surface area contributed by atoms with Gasteiger partial charge in [-0.3, -0.25) is 0 Å². The average Bonchev–Trinajstić information content (AvgIpc) is 2.70. The second-order valence-electron chi connectivity index (χ2n) is 5.05. The summed E-state index contributed by atoms with van der Waals surface area (Å²) in [5.41, 5.74) is 6.62. The summed E-state index contributed by atoms with van der Waals surface area (Å²) in [6.45, 7) is 3.63. The molecule has 2 rings (SSSR count). The van der Waals surface area contributed by atoms with Crippen molar-refractivity contribution < 1.29 is 8.42 Å². The zero-order valence-electron chi connectivity index (χ0n) is 11.4. The third kappa shape index (κ3) is 3.37. The fourth-order valence-electron chi connectivity index (χ4n) is 2.40. The van der Waals surface area contributed by atoms with Crippen LogP contribution < -0.4 is 5.73 Å². The van der Waals surface area contributed by atoms with Crippen LogP contribution >= 0.6 is 11.3 Å². The summed E-state index contributed by atoms with van der Waals surface area (Å²) in [4.78, 5) is 0.964. The number of rotatable bonds is 3. The highest BCUT2D eigenvalue weighted by molar-refractivity contribution is 7.91. The molecule has 1 aliphatic rings. The third-order valence-corrected chi connectivity index (χ3v) is 7.20. The van der Waals surface area contributed by atoms with Crippen LogP contribution in [0.5, 0.6) is 0 Å². The van der Waals surface area contributed by atoms with E-state index in [2.05, 4.69) is 0 Å². The first-order chi connectivity index (χ1) is 9.05. The molecule has 108 valence electrons. The summed E-state index contributed by atoms with van der Waals surface area (Å²) in [5.74, 6) is 0. The van der Waals surface area contributed by atoms with Crippen LogP contribution in [0.15, 0.2) is 10.3 Å². The minimum absolute atomic E-state index is 0.409. The van der Waals surface area contributed by atoms with E-state index in [1.165, 1.54) is 17.8 Å². The average molecular weight is 302 g/mol. The van der Waals surface area contributed by atoms with Gasteiger partial charge in [0.15, 0.2) is 0 Å². The molecule has 1 saturated heterocycles. The van der Waals surface area contributed by atoms with Crippen LogP contribution in [0.25, 0.3) is 0 Å². The Hall–Kier alpha value is -0.430. The summed E-state index contributed by atoms with van der Waals surface area (Å²) >= 11 is 1.32. The maximum atomic E-state index is 12.6. The van der Waals surface area contributed by atoms with Crippen molar-refractivity contribution in [2.45, 2.75) is 49.8 Å². The molecule has 19 heavy (non-hydrogen) atoms. The Balaban J connectivity index is 2.23. The van der Waals surface area contributed by atoms with Crippen LogP contribution in [0.3, 0.4) is 0 Å². The Morgan fingerprint density at radius 3 is 2.32 bits per heavy atom. The topological polar surface area (TPSA) is 63.4 Å². The summed E-state index contributed by atoms with van der Waals surface area (Å²) < 4.78 is 27.4. The molecule has 0 atom stereocenters. The van der Waals surface area contributed by atoms with Crippen LogP contribution in [-0.2, 0) is 16.6 Å². The van der Waals surface area contributed by atoms with E-state index in [1.807, 2.05) is 6.92 Å². The minimum atomic E-state index is -3.32. The van der Waals surface area contributed by atoms with Gasteiger partial charge in [0.05, 0.1) is 0 Å². The molecular formula is C13H22N2O2S2. The van der Waals surface area contributed by atoms with E-state index in [-0.39, 0.29) is 0 Å². The summed E-state index contributed by atoms with van der Waals surface area (Å²) in [7, 11) is -3.32. The molecule has 0 spiro atoms. The standard InChI is InChI=1S/C13H22N2O2S2/c1-11-9-13(18-12(11)10-14)19(16,17)15-7-5-3-2-4-6-8-15/h9H,2-8,10,14H2,1H3. The van der Waals surface area contributed by atoms with Gasteiger partial charge in [-0.1, -0.05) is 19.3 Å². The maximum Gasteiger partial charge on any atom is 0.252 e. The second kappa shape index (κ2) is 6.35. The monoisotopic (exact) mass is 302 g/mol. The van der Waals surface area contributed by atoms with Crippen LogP contribution in [0.4, 0.5) is 0 Å². The number of hydrogen-bond acceptors (Lipinski definition) is 4. The van der Waals surface area contributed by atoms with Crippen LogP contribution in [0.2, 0.25) is 0 Å².